The average molecular weight is 773 g/mol. The van der Waals surface area contributed by atoms with Crippen molar-refractivity contribution in [1.82, 2.24) is 9.27 Å². The summed E-state index contributed by atoms with van der Waals surface area (Å²) in [6.45, 7) is 8.35. The van der Waals surface area contributed by atoms with Crippen LogP contribution in [0.25, 0.3) is 10.1 Å². The van der Waals surface area contributed by atoms with E-state index in [1.807, 2.05) is 12.1 Å². The number of carbonyl (C=O) groups is 3. The predicted octanol–water partition coefficient (Wildman–Crippen LogP) is 9.00. The molecule has 0 aliphatic carbocycles. The molecule has 1 atom stereocenters. The van der Waals surface area contributed by atoms with Crippen LogP contribution in [-0.4, -0.2) is 72.7 Å². The fraction of sp³-hybridized carbons (Fsp3) is 0.442. The van der Waals surface area contributed by atoms with E-state index in [2.05, 4.69) is 83.5 Å². The van der Waals surface area contributed by atoms with Crippen LogP contribution in [0.5, 0.6) is 0 Å². The van der Waals surface area contributed by atoms with Crippen LogP contribution in [0.3, 0.4) is 0 Å². The standard InChI is InChI=1S/C43H53ClN4O5S/c1-3-5-6-7-8-9-10-11-12-13-14-15-16-17-18-23-40(50)53-42(43(51)52-4-2)48-37-32-36(44)33(30-34(37)31-39(48)49)24-25-46-26-28-47(29-27-46)41-35-21-19-20-22-38(35)54-45-41/h5-6,8-9,11-12,14-15,19-22,30,32,42H,3-4,7,10,13,16-18,23-29,31H2,1-2H3. The number of rotatable bonds is 20. The maximum Gasteiger partial charge on any atom is 0.369 e. The summed E-state index contributed by atoms with van der Waals surface area (Å²) in [7, 11) is 0. The fourth-order valence-corrected chi connectivity index (χ4v) is 7.70. The van der Waals surface area contributed by atoms with Gasteiger partial charge in [-0.05, 0) is 99.1 Å². The van der Waals surface area contributed by atoms with Crippen molar-refractivity contribution in [3.8, 4) is 0 Å². The van der Waals surface area contributed by atoms with Crippen LogP contribution < -0.4 is 9.80 Å². The van der Waals surface area contributed by atoms with Crippen LogP contribution in [0.15, 0.2) is 85.0 Å². The largest absolute Gasteiger partial charge is 0.462 e. The molecule has 0 saturated carbocycles. The summed E-state index contributed by atoms with van der Waals surface area (Å²) >= 11 is 8.35. The van der Waals surface area contributed by atoms with Crippen molar-refractivity contribution in [3.63, 3.8) is 0 Å². The minimum atomic E-state index is -1.51. The maximum absolute atomic E-state index is 13.4. The highest BCUT2D eigenvalue weighted by atomic mass is 35.5. The average Bonchev–Trinajstić information content (AvgIpc) is 3.74. The van der Waals surface area contributed by atoms with Gasteiger partial charge in [0.25, 0.3) is 6.23 Å². The molecule has 5 rings (SSSR count). The number of hydrogen-bond donors (Lipinski definition) is 0. The number of carbonyl (C=O) groups excluding carboxylic acids is 3. The van der Waals surface area contributed by atoms with E-state index in [4.69, 9.17) is 25.4 Å². The Bertz CT molecular complexity index is 1830. The number of anilines is 2. The third-order valence-corrected chi connectivity index (χ3v) is 10.7. The summed E-state index contributed by atoms with van der Waals surface area (Å²) in [6.07, 6.45) is 22.8. The second-order valence-corrected chi connectivity index (χ2v) is 14.6. The lowest BCUT2D eigenvalue weighted by Gasteiger charge is -2.35. The Morgan fingerprint density at radius 1 is 0.926 bits per heavy atom. The van der Waals surface area contributed by atoms with Gasteiger partial charge < -0.3 is 14.4 Å². The van der Waals surface area contributed by atoms with Crippen LogP contribution in [-0.2, 0) is 36.7 Å². The van der Waals surface area contributed by atoms with E-state index in [9.17, 15) is 14.4 Å². The van der Waals surface area contributed by atoms with Gasteiger partial charge in [-0.2, -0.15) is 4.37 Å². The quantitative estimate of drug-likeness (QED) is 0.0639. The van der Waals surface area contributed by atoms with Crippen LogP contribution in [0.2, 0.25) is 5.02 Å². The van der Waals surface area contributed by atoms with E-state index in [-0.39, 0.29) is 25.4 Å². The number of ether oxygens (including phenoxy) is 2. The Balaban J connectivity index is 1.08. The zero-order chi connectivity index (χ0) is 38.1. The molecular weight excluding hydrogens is 720 g/mol. The van der Waals surface area contributed by atoms with Gasteiger partial charge in [-0.25, -0.2) is 4.79 Å². The Morgan fingerprint density at radius 3 is 2.35 bits per heavy atom. The molecule has 0 radical (unpaired) electrons. The molecule has 0 N–H and O–H groups in total. The van der Waals surface area contributed by atoms with E-state index in [0.717, 1.165) is 94.6 Å². The molecule has 11 heteroatoms. The third kappa shape index (κ3) is 11.6. The fourth-order valence-electron chi connectivity index (χ4n) is 6.65. The number of aromatic nitrogens is 1. The molecule has 2 aliphatic rings. The highest BCUT2D eigenvalue weighted by Gasteiger charge is 2.41. The first-order chi connectivity index (χ1) is 26.4. The minimum Gasteiger partial charge on any atom is -0.462 e. The summed E-state index contributed by atoms with van der Waals surface area (Å²) in [4.78, 5) is 45.4. The summed E-state index contributed by atoms with van der Waals surface area (Å²) < 4.78 is 16.8. The lowest BCUT2D eigenvalue weighted by Crippen LogP contribution is -2.47. The highest BCUT2D eigenvalue weighted by molar-refractivity contribution is 7.13. The van der Waals surface area contributed by atoms with Crippen molar-refractivity contribution in [2.45, 2.75) is 84.3 Å². The van der Waals surface area contributed by atoms with Gasteiger partial charge in [0.05, 0.1) is 23.4 Å². The molecule has 1 unspecified atom stereocenters. The van der Waals surface area contributed by atoms with Crippen LogP contribution in [0, 0.1) is 0 Å². The summed E-state index contributed by atoms with van der Waals surface area (Å²) in [6, 6.07) is 12.0. The molecule has 3 heterocycles. The molecule has 288 valence electrons. The first kappa shape index (κ1) is 40.9. The molecule has 1 fully saturated rings. The van der Waals surface area contributed by atoms with E-state index in [1.165, 1.54) is 15.0 Å². The van der Waals surface area contributed by atoms with Gasteiger partial charge in [0, 0.05) is 49.6 Å². The van der Waals surface area contributed by atoms with Crippen LogP contribution in [0.1, 0.15) is 76.3 Å². The monoisotopic (exact) mass is 772 g/mol. The van der Waals surface area contributed by atoms with Crippen LogP contribution >= 0.6 is 23.1 Å². The molecule has 2 aromatic carbocycles. The van der Waals surface area contributed by atoms with Gasteiger partial charge in [-0.3, -0.25) is 19.4 Å². The molecule has 0 bridgehead atoms. The molecule has 9 nitrogen and oxygen atoms in total. The molecular formula is C43H53ClN4O5S. The van der Waals surface area contributed by atoms with Gasteiger partial charge in [0.1, 0.15) is 5.82 Å². The number of nitrogens with zero attached hydrogens (tertiary/aromatic N) is 4. The number of piperazine rings is 1. The number of allylic oxidation sites excluding steroid dienone is 8. The van der Waals surface area contributed by atoms with E-state index >= 15 is 0 Å². The van der Waals surface area contributed by atoms with Crippen LogP contribution in [0.4, 0.5) is 11.5 Å². The number of halogens is 1. The molecule has 2 aliphatic heterocycles. The normalized spacial score (nSPS) is 15.8. The maximum atomic E-state index is 13.4. The molecule has 54 heavy (non-hydrogen) atoms. The lowest BCUT2D eigenvalue weighted by atomic mass is 10.1. The number of amides is 1. The van der Waals surface area contributed by atoms with Gasteiger partial charge >= 0.3 is 11.9 Å². The molecule has 1 aromatic heterocycles. The summed E-state index contributed by atoms with van der Waals surface area (Å²) in [5.41, 5.74) is 2.17. The molecule has 3 aromatic rings. The van der Waals surface area contributed by atoms with Crippen molar-refractivity contribution in [1.29, 1.82) is 0 Å². The smallest absolute Gasteiger partial charge is 0.369 e. The van der Waals surface area contributed by atoms with E-state index in [1.54, 1.807) is 24.5 Å². The highest BCUT2D eigenvalue weighted by Crippen LogP contribution is 2.36. The van der Waals surface area contributed by atoms with Crippen molar-refractivity contribution < 1.29 is 23.9 Å². The van der Waals surface area contributed by atoms with E-state index < -0.39 is 18.2 Å². The zero-order valence-corrected chi connectivity index (χ0v) is 33.2. The first-order valence-corrected chi connectivity index (χ1v) is 20.5. The second-order valence-electron chi connectivity index (χ2n) is 13.4. The van der Waals surface area contributed by atoms with Crippen molar-refractivity contribution in [2.75, 3.05) is 49.1 Å². The van der Waals surface area contributed by atoms with Crippen molar-refractivity contribution >= 4 is 62.6 Å². The van der Waals surface area contributed by atoms with E-state index in [0.29, 0.717) is 17.1 Å². The number of benzene rings is 2. The second kappa shape index (κ2) is 21.6. The van der Waals surface area contributed by atoms with Crippen molar-refractivity contribution in [3.05, 3.63) is 101 Å². The summed E-state index contributed by atoms with van der Waals surface area (Å²) in [5, 5.41) is 1.71. The number of unbranched alkanes of at least 4 members (excludes halogenated alkanes) is 2. The lowest BCUT2D eigenvalue weighted by molar-refractivity contribution is -0.168. The first-order valence-electron chi connectivity index (χ1n) is 19.3. The molecule has 0 spiro atoms. The molecule has 1 amide bonds. The predicted molar refractivity (Wildman–Crippen MR) is 220 cm³/mol. The van der Waals surface area contributed by atoms with Gasteiger partial charge in [-0.15, -0.1) is 0 Å². The zero-order valence-electron chi connectivity index (χ0n) is 31.6. The molecule has 1 saturated heterocycles. The van der Waals surface area contributed by atoms with Crippen molar-refractivity contribution in [2.24, 2.45) is 0 Å². The Hall–Kier alpha value is -4.25. The number of hydrogen-bond acceptors (Lipinski definition) is 9. The Kier molecular flexibility index (Phi) is 16.4. The third-order valence-electron chi connectivity index (χ3n) is 9.53. The number of esters is 2. The number of fused-ring (bicyclic) bond motifs is 2. The summed E-state index contributed by atoms with van der Waals surface area (Å²) in [5.74, 6) is -0.605. The van der Waals surface area contributed by atoms with Gasteiger partial charge in [0.2, 0.25) is 5.91 Å². The van der Waals surface area contributed by atoms with Gasteiger partial charge in [0.15, 0.2) is 0 Å². The minimum absolute atomic E-state index is 0.0854. The SMILES string of the molecule is CCC=CCC=CCC=CCC=CCCCCC(=O)OC(C(=O)OCC)N1C(=O)Cc2cc(CCN3CCN(c4nsc5ccccc45)CC3)c(Cl)cc21. The Morgan fingerprint density at radius 2 is 1.63 bits per heavy atom. The van der Waals surface area contributed by atoms with Gasteiger partial charge in [-0.1, -0.05) is 85.3 Å². The topological polar surface area (TPSA) is 92.3 Å². The Labute approximate surface area is 329 Å².